The zero-order valence-electron chi connectivity index (χ0n) is 16.3. The fourth-order valence-corrected chi connectivity index (χ4v) is 3.17. The Morgan fingerprint density at radius 2 is 1.63 bits per heavy atom. The Balaban J connectivity index is 1.70. The highest BCUT2D eigenvalue weighted by Gasteiger charge is 2.48. The van der Waals surface area contributed by atoms with Crippen molar-refractivity contribution in [2.45, 2.75) is 38.6 Å². The zero-order chi connectivity index (χ0) is 19.7. The number of benzene rings is 2. The average molecular weight is 366 g/mol. The summed E-state index contributed by atoms with van der Waals surface area (Å²) in [6.07, 6.45) is 0. The predicted octanol–water partition coefficient (Wildman–Crippen LogP) is 3.83. The number of nitrogens with zero attached hydrogens (tertiary/aromatic N) is 1. The lowest BCUT2D eigenvalue weighted by Crippen LogP contribution is -2.41. The van der Waals surface area contributed by atoms with Gasteiger partial charge in [-0.05, 0) is 35.6 Å². The van der Waals surface area contributed by atoms with Gasteiger partial charge in [0.15, 0.2) is 0 Å². The van der Waals surface area contributed by atoms with Gasteiger partial charge in [0.25, 0.3) is 5.91 Å². The van der Waals surface area contributed by atoms with E-state index in [1.807, 2.05) is 54.6 Å². The maximum Gasteiger partial charge on any atom is 0.325 e. The maximum absolute atomic E-state index is 12.9. The molecule has 0 aliphatic carbocycles. The van der Waals surface area contributed by atoms with Gasteiger partial charge >= 0.3 is 6.03 Å². The van der Waals surface area contributed by atoms with Gasteiger partial charge in [0.1, 0.15) is 17.9 Å². The monoisotopic (exact) mass is 366 g/mol. The van der Waals surface area contributed by atoms with E-state index < -0.39 is 5.54 Å². The Labute approximate surface area is 160 Å². The third-order valence-electron chi connectivity index (χ3n) is 4.93. The number of rotatable bonds is 5. The van der Waals surface area contributed by atoms with E-state index >= 15 is 0 Å². The molecular weight excluding hydrogens is 340 g/mol. The minimum absolute atomic E-state index is 0.0309. The van der Waals surface area contributed by atoms with Crippen molar-refractivity contribution in [3.05, 3.63) is 65.7 Å². The maximum atomic E-state index is 12.9. The summed E-state index contributed by atoms with van der Waals surface area (Å²) >= 11 is 0. The van der Waals surface area contributed by atoms with Crippen LogP contribution in [0.1, 0.15) is 38.8 Å². The molecule has 0 aromatic heterocycles. The number of hydrogen-bond acceptors (Lipinski definition) is 3. The van der Waals surface area contributed by atoms with E-state index in [2.05, 4.69) is 26.1 Å². The fourth-order valence-electron chi connectivity index (χ4n) is 3.17. The second kappa shape index (κ2) is 7.06. The lowest BCUT2D eigenvalue weighted by Gasteiger charge is -2.24. The molecule has 2 aromatic rings. The molecule has 1 aliphatic heterocycles. The van der Waals surface area contributed by atoms with Crippen molar-refractivity contribution in [1.29, 1.82) is 0 Å². The van der Waals surface area contributed by atoms with Crippen LogP contribution < -0.4 is 10.1 Å². The number of carbonyl (C=O) groups is 2. The predicted molar refractivity (Wildman–Crippen MR) is 105 cm³/mol. The molecule has 1 fully saturated rings. The smallest absolute Gasteiger partial charge is 0.325 e. The van der Waals surface area contributed by atoms with Gasteiger partial charge in [0, 0.05) is 0 Å². The summed E-state index contributed by atoms with van der Waals surface area (Å²) in [6, 6.07) is 16.8. The molecule has 0 radical (unpaired) electrons. The molecule has 5 heteroatoms. The van der Waals surface area contributed by atoms with Crippen molar-refractivity contribution >= 4 is 11.9 Å². The van der Waals surface area contributed by atoms with Gasteiger partial charge in [-0.25, -0.2) is 4.79 Å². The summed E-state index contributed by atoms with van der Waals surface area (Å²) in [7, 11) is 0. The second-order valence-corrected chi connectivity index (χ2v) is 8.00. The van der Waals surface area contributed by atoms with Crippen molar-refractivity contribution < 1.29 is 14.3 Å². The number of urea groups is 1. The first kappa shape index (κ1) is 19.0. The number of carbonyl (C=O) groups excluding carboxylic acids is 2. The second-order valence-electron chi connectivity index (χ2n) is 8.00. The van der Waals surface area contributed by atoms with Gasteiger partial charge in [-0.2, -0.15) is 0 Å². The summed E-state index contributed by atoms with van der Waals surface area (Å²) in [5.74, 6) is 0.456. The molecule has 1 saturated heterocycles. The Bertz CT molecular complexity index is 825. The number of para-hydroxylation sites is 1. The van der Waals surface area contributed by atoms with Crippen molar-refractivity contribution in [2.24, 2.45) is 0 Å². The topological polar surface area (TPSA) is 58.6 Å². The average Bonchev–Trinajstić information content (AvgIpc) is 2.86. The molecule has 1 N–H and O–H groups in total. The zero-order valence-corrected chi connectivity index (χ0v) is 16.3. The lowest BCUT2D eigenvalue weighted by atomic mass is 9.84. The highest BCUT2D eigenvalue weighted by molar-refractivity contribution is 6.07. The Morgan fingerprint density at radius 1 is 1.00 bits per heavy atom. The SMILES string of the molecule is CC(C)(C)c1ccc(C2(C)NC(=O)N(CCOc3ccccc3)C2=O)cc1. The van der Waals surface area contributed by atoms with Crippen molar-refractivity contribution in [1.82, 2.24) is 10.2 Å². The van der Waals surface area contributed by atoms with Crippen molar-refractivity contribution in [3.8, 4) is 5.75 Å². The highest BCUT2D eigenvalue weighted by atomic mass is 16.5. The van der Waals surface area contributed by atoms with Gasteiger partial charge in [0.05, 0.1) is 6.54 Å². The largest absolute Gasteiger partial charge is 0.492 e. The van der Waals surface area contributed by atoms with E-state index in [0.717, 1.165) is 5.56 Å². The normalized spacial score (nSPS) is 19.9. The number of imide groups is 1. The van der Waals surface area contributed by atoms with Crippen molar-refractivity contribution in [3.63, 3.8) is 0 Å². The highest BCUT2D eigenvalue weighted by Crippen LogP contribution is 2.31. The third kappa shape index (κ3) is 3.82. The molecule has 0 spiro atoms. The van der Waals surface area contributed by atoms with Crippen LogP contribution in [0.3, 0.4) is 0 Å². The summed E-state index contributed by atoms with van der Waals surface area (Å²) in [4.78, 5) is 26.6. The quantitative estimate of drug-likeness (QED) is 0.818. The fraction of sp³-hybridized carbons (Fsp3) is 0.364. The number of amides is 3. The van der Waals surface area contributed by atoms with Gasteiger partial charge in [-0.3, -0.25) is 9.69 Å². The minimum atomic E-state index is -1.06. The van der Waals surface area contributed by atoms with E-state index in [-0.39, 0.29) is 30.5 Å². The molecular formula is C22H26N2O3. The molecule has 1 aliphatic rings. The van der Waals surface area contributed by atoms with Crippen LogP contribution in [-0.4, -0.2) is 30.0 Å². The number of nitrogens with one attached hydrogen (secondary N) is 1. The first-order valence-electron chi connectivity index (χ1n) is 9.15. The number of hydrogen-bond donors (Lipinski definition) is 1. The minimum Gasteiger partial charge on any atom is -0.492 e. The van der Waals surface area contributed by atoms with E-state index in [1.165, 1.54) is 10.5 Å². The molecule has 5 nitrogen and oxygen atoms in total. The van der Waals surface area contributed by atoms with Crippen molar-refractivity contribution in [2.75, 3.05) is 13.2 Å². The Hall–Kier alpha value is -2.82. The molecule has 0 bridgehead atoms. The Morgan fingerprint density at radius 3 is 2.22 bits per heavy atom. The van der Waals surface area contributed by atoms with Gasteiger partial charge in [-0.15, -0.1) is 0 Å². The standard InChI is InChI=1S/C22H26N2O3/c1-21(2,3)16-10-12-17(13-11-16)22(4)19(25)24(20(26)23-22)14-15-27-18-8-6-5-7-9-18/h5-13H,14-15H2,1-4H3,(H,23,26). The van der Waals surface area contributed by atoms with Gasteiger partial charge in [0.2, 0.25) is 0 Å². The molecule has 2 aromatic carbocycles. The summed E-state index contributed by atoms with van der Waals surface area (Å²) in [5, 5.41) is 2.84. The first-order valence-corrected chi connectivity index (χ1v) is 9.15. The Kier molecular flexibility index (Phi) is 4.96. The van der Waals surface area contributed by atoms with E-state index in [0.29, 0.717) is 5.75 Å². The molecule has 1 unspecified atom stereocenters. The van der Waals surface area contributed by atoms with Crippen LogP contribution in [0.2, 0.25) is 0 Å². The van der Waals surface area contributed by atoms with Crippen LogP contribution in [-0.2, 0) is 15.7 Å². The third-order valence-corrected chi connectivity index (χ3v) is 4.93. The van der Waals surface area contributed by atoms with Crippen LogP contribution in [0.5, 0.6) is 5.75 Å². The molecule has 27 heavy (non-hydrogen) atoms. The molecule has 142 valence electrons. The molecule has 3 amide bonds. The lowest BCUT2D eigenvalue weighted by molar-refractivity contribution is -0.131. The van der Waals surface area contributed by atoms with Crippen LogP contribution >= 0.6 is 0 Å². The summed E-state index contributed by atoms with van der Waals surface area (Å²) in [6.45, 7) is 8.62. The van der Waals surface area contributed by atoms with Crippen LogP contribution in [0.15, 0.2) is 54.6 Å². The molecule has 0 saturated carbocycles. The molecule has 1 heterocycles. The molecule has 3 rings (SSSR count). The van der Waals surface area contributed by atoms with Crippen LogP contribution in [0.4, 0.5) is 4.79 Å². The summed E-state index contributed by atoms with van der Waals surface area (Å²) in [5.41, 5.74) is 0.934. The van der Waals surface area contributed by atoms with E-state index in [9.17, 15) is 9.59 Å². The first-order chi connectivity index (χ1) is 12.7. The van der Waals surface area contributed by atoms with Gasteiger partial charge < -0.3 is 10.1 Å². The van der Waals surface area contributed by atoms with Gasteiger partial charge in [-0.1, -0.05) is 63.2 Å². The molecule has 1 atom stereocenters. The van der Waals surface area contributed by atoms with Crippen LogP contribution in [0.25, 0.3) is 0 Å². The number of ether oxygens (including phenoxy) is 1. The van der Waals surface area contributed by atoms with Crippen LogP contribution in [0, 0.1) is 0 Å². The van der Waals surface area contributed by atoms with E-state index in [4.69, 9.17) is 4.74 Å². The van der Waals surface area contributed by atoms with E-state index in [1.54, 1.807) is 6.92 Å². The summed E-state index contributed by atoms with van der Waals surface area (Å²) < 4.78 is 5.62.